The molecule has 1 atom stereocenters. The average Bonchev–Trinajstić information content (AvgIpc) is 2.67. The maximum Gasteiger partial charge on any atom is 0.310 e. The molecule has 1 heterocycles. The molecule has 0 amide bonds. The fourth-order valence-corrected chi connectivity index (χ4v) is 2.29. The lowest BCUT2D eigenvalue weighted by atomic mass is 10.0. The Bertz CT molecular complexity index is 296. The number of carbonyl (C=O) groups is 1. The van der Waals surface area contributed by atoms with E-state index in [2.05, 4.69) is 6.07 Å². The van der Waals surface area contributed by atoms with E-state index in [9.17, 15) is 4.79 Å². The molecule has 0 aromatic carbocycles. The third-order valence-electron chi connectivity index (χ3n) is 2.15. The van der Waals surface area contributed by atoms with E-state index in [1.807, 2.05) is 30.4 Å². The molecule has 1 aromatic rings. The van der Waals surface area contributed by atoms with Gasteiger partial charge in [0.2, 0.25) is 0 Å². The maximum atomic E-state index is 11.5. The van der Waals surface area contributed by atoms with Gasteiger partial charge in [-0.15, -0.1) is 11.3 Å². The molecule has 84 valence electrons. The van der Waals surface area contributed by atoms with Gasteiger partial charge in [0.15, 0.2) is 0 Å². The molecule has 0 aliphatic carbocycles. The summed E-state index contributed by atoms with van der Waals surface area (Å²) in [5, 5.41) is 2.03. The van der Waals surface area contributed by atoms with E-state index in [0.717, 1.165) is 13.0 Å². The number of rotatable bonds is 5. The van der Waals surface area contributed by atoms with Gasteiger partial charge in [-0.3, -0.25) is 4.79 Å². The summed E-state index contributed by atoms with van der Waals surface area (Å²) in [6, 6.07) is 4.06. The lowest BCUT2D eigenvalue weighted by molar-refractivity contribution is -0.145. The van der Waals surface area contributed by atoms with E-state index in [-0.39, 0.29) is 11.9 Å². The van der Waals surface area contributed by atoms with Crippen LogP contribution in [0.1, 0.15) is 4.88 Å². The first-order valence-electron chi connectivity index (χ1n) is 4.88. The smallest absolute Gasteiger partial charge is 0.310 e. The van der Waals surface area contributed by atoms with Crippen LogP contribution in [0.3, 0.4) is 0 Å². The van der Waals surface area contributed by atoms with Crippen molar-refractivity contribution >= 4 is 17.3 Å². The fourth-order valence-electron chi connectivity index (χ4n) is 1.50. The molecule has 4 heteroatoms. The molecule has 0 aliphatic heterocycles. The second kappa shape index (κ2) is 5.88. The van der Waals surface area contributed by atoms with Crippen LogP contribution in [0.15, 0.2) is 17.5 Å². The topological polar surface area (TPSA) is 29.5 Å². The molecule has 1 rings (SSSR count). The van der Waals surface area contributed by atoms with Crippen LogP contribution in [0.25, 0.3) is 0 Å². The molecule has 0 saturated heterocycles. The van der Waals surface area contributed by atoms with Crippen LogP contribution in [0.2, 0.25) is 0 Å². The summed E-state index contributed by atoms with van der Waals surface area (Å²) in [4.78, 5) is 14.8. The number of nitrogens with zero attached hydrogens (tertiary/aromatic N) is 1. The molecule has 0 spiro atoms. The Kier molecular flexibility index (Phi) is 4.78. The number of esters is 1. The van der Waals surface area contributed by atoms with Crippen molar-refractivity contribution in [2.24, 2.45) is 5.92 Å². The van der Waals surface area contributed by atoms with Gasteiger partial charge in [0.1, 0.15) is 0 Å². The molecule has 0 N–H and O–H groups in total. The SMILES string of the molecule is COC(=O)C(Cc1cccs1)CN(C)C. The number of hydrogen-bond acceptors (Lipinski definition) is 4. The average molecular weight is 227 g/mol. The lowest BCUT2D eigenvalue weighted by Gasteiger charge is -2.18. The fraction of sp³-hybridized carbons (Fsp3) is 0.545. The third kappa shape index (κ3) is 4.01. The quantitative estimate of drug-likeness (QED) is 0.716. The van der Waals surface area contributed by atoms with Crippen molar-refractivity contribution in [1.82, 2.24) is 4.90 Å². The predicted molar refractivity (Wildman–Crippen MR) is 62.1 cm³/mol. The van der Waals surface area contributed by atoms with Gasteiger partial charge in [0.05, 0.1) is 13.0 Å². The van der Waals surface area contributed by atoms with Crippen molar-refractivity contribution in [2.45, 2.75) is 6.42 Å². The number of hydrogen-bond donors (Lipinski definition) is 0. The van der Waals surface area contributed by atoms with Gasteiger partial charge in [-0.2, -0.15) is 0 Å². The van der Waals surface area contributed by atoms with Crippen LogP contribution in [0.4, 0.5) is 0 Å². The van der Waals surface area contributed by atoms with E-state index >= 15 is 0 Å². The minimum absolute atomic E-state index is 0.0661. The highest BCUT2D eigenvalue weighted by Gasteiger charge is 2.20. The second-order valence-corrected chi connectivity index (χ2v) is 4.80. The van der Waals surface area contributed by atoms with Gasteiger partial charge in [-0.1, -0.05) is 6.07 Å². The Morgan fingerprint density at radius 3 is 2.80 bits per heavy atom. The summed E-state index contributed by atoms with van der Waals surface area (Å²) in [5.74, 6) is -0.194. The van der Waals surface area contributed by atoms with Gasteiger partial charge in [0, 0.05) is 11.4 Å². The first kappa shape index (κ1) is 12.2. The highest BCUT2D eigenvalue weighted by atomic mass is 32.1. The first-order chi connectivity index (χ1) is 7.13. The predicted octanol–water partition coefficient (Wildman–Crippen LogP) is 1.64. The van der Waals surface area contributed by atoms with Crippen molar-refractivity contribution < 1.29 is 9.53 Å². The molecular formula is C11H17NO2S. The molecule has 1 aromatic heterocycles. The first-order valence-corrected chi connectivity index (χ1v) is 5.76. The van der Waals surface area contributed by atoms with E-state index in [1.165, 1.54) is 12.0 Å². The summed E-state index contributed by atoms with van der Waals surface area (Å²) in [6.45, 7) is 0.727. The van der Waals surface area contributed by atoms with E-state index in [4.69, 9.17) is 4.74 Å². The van der Waals surface area contributed by atoms with Crippen LogP contribution in [0.5, 0.6) is 0 Å². The van der Waals surface area contributed by atoms with Crippen LogP contribution in [0, 0.1) is 5.92 Å². The molecule has 15 heavy (non-hydrogen) atoms. The van der Waals surface area contributed by atoms with E-state index < -0.39 is 0 Å². The summed E-state index contributed by atoms with van der Waals surface area (Å²) >= 11 is 1.68. The van der Waals surface area contributed by atoms with Crippen molar-refractivity contribution in [3.05, 3.63) is 22.4 Å². The van der Waals surface area contributed by atoms with Gasteiger partial charge in [-0.25, -0.2) is 0 Å². The van der Waals surface area contributed by atoms with Gasteiger partial charge >= 0.3 is 5.97 Å². The van der Waals surface area contributed by atoms with Crippen molar-refractivity contribution in [3.63, 3.8) is 0 Å². The molecular weight excluding hydrogens is 210 g/mol. The second-order valence-electron chi connectivity index (χ2n) is 3.77. The summed E-state index contributed by atoms with van der Waals surface area (Å²) in [7, 11) is 5.37. The highest BCUT2D eigenvalue weighted by Crippen LogP contribution is 2.16. The monoisotopic (exact) mass is 227 g/mol. The molecule has 0 saturated carbocycles. The molecule has 0 fully saturated rings. The Labute approximate surface area is 94.7 Å². The van der Waals surface area contributed by atoms with Crippen LogP contribution < -0.4 is 0 Å². The van der Waals surface area contributed by atoms with Crippen LogP contribution in [-0.2, 0) is 16.0 Å². The molecule has 0 bridgehead atoms. The molecule has 0 aliphatic rings. The minimum atomic E-state index is -0.128. The third-order valence-corrected chi connectivity index (χ3v) is 3.05. The van der Waals surface area contributed by atoms with Crippen LogP contribution in [-0.4, -0.2) is 38.6 Å². The Morgan fingerprint density at radius 1 is 1.60 bits per heavy atom. The Morgan fingerprint density at radius 2 is 2.33 bits per heavy atom. The summed E-state index contributed by atoms with van der Waals surface area (Å²) in [5.41, 5.74) is 0. The largest absolute Gasteiger partial charge is 0.469 e. The summed E-state index contributed by atoms with van der Waals surface area (Å²) in [6.07, 6.45) is 0.766. The molecule has 0 radical (unpaired) electrons. The number of thiophene rings is 1. The minimum Gasteiger partial charge on any atom is -0.469 e. The lowest BCUT2D eigenvalue weighted by Crippen LogP contribution is -2.30. The van der Waals surface area contributed by atoms with Crippen molar-refractivity contribution in [2.75, 3.05) is 27.7 Å². The number of ether oxygens (including phenoxy) is 1. The van der Waals surface area contributed by atoms with Gasteiger partial charge < -0.3 is 9.64 Å². The van der Waals surface area contributed by atoms with Crippen LogP contribution >= 0.6 is 11.3 Å². The summed E-state index contributed by atoms with van der Waals surface area (Å²) < 4.78 is 4.80. The molecule has 3 nitrogen and oxygen atoms in total. The normalized spacial score (nSPS) is 12.8. The zero-order valence-corrected chi connectivity index (χ0v) is 10.2. The van der Waals surface area contributed by atoms with Gasteiger partial charge in [-0.05, 0) is 32.0 Å². The number of carbonyl (C=O) groups excluding carboxylic acids is 1. The zero-order chi connectivity index (χ0) is 11.3. The van der Waals surface area contributed by atoms with Crippen molar-refractivity contribution in [1.29, 1.82) is 0 Å². The highest BCUT2D eigenvalue weighted by molar-refractivity contribution is 7.09. The van der Waals surface area contributed by atoms with Crippen molar-refractivity contribution in [3.8, 4) is 0 Å². The standard InChI is InChI=1S/C11H17NO2S/c1-12(2)8-9(11(13)14-3)7-10-5-4-6-15-10/h4-6,9H,7-8H2,1-3H3. The Balaban J connectivity index is 2.60. The van der Waals surface area contributed by atoms with Gasteiger partial charge in [0.25, 0.3) is 0 Å². The molecule has 1 unspecified atom stereocenters. The Hall–Kier alpha value is -0.870. The van der Waals surface area contributed by atoms with E-state index in [0.29, 0.717) is 0 Å². The zero-order valence-electron chi connectivity index (χ0n) is 9.40. The maximum absolute atomic E-state index is 11.5. The van der Waals surface area contributed by atoms with E-state index in [1.54, 1.807) is 11.3 Å². The number of methoxy groups -OCH3 is 1.